The highest BCUT2D eigenvalue weighted by atomic mass is 32.2. The van der Waals surface area contributed by atoms with Gasteiger partial charge in [0.25, 0.3) is 0 Å². The van der Waals surface area contributed by atoms with Crippen LogP contribution in [0.15, 0.2) is 102 Å². The summed E-state index contributed by atoms with van der Waals surface area (Å²) in [5.74, 6) is 0. The highest BCUT2D eigenvalue weighted by Crippen LogP contribution is 2.22. The van der Waals surface area contributed by atoms with Crippen molar-refractivity contribution in [3.05, 3.63) is 114 Å². The van der Waals surface area contributed by atoms with Gasteiger partial charge in [-0.3, -0.25) is 14.9 Å². The molecule has 0 aliphatic heterocycles. The summed E-state index contributed by atoms with van der Waals surface area (Å²) in [7, 11) is -3.70. The number of hydrogen-bond donors (Lipinski definition) is 1. The van der Waals surface area contributed by atoms with Gasteiger partial charge in [-0.2, -0.15) is 0 Å². The van der Waals surface area contributed by atoms with Crippen LogP contribution in [-0.4, -0.2) is 29.8 Å². The first-order chi connectivity index (χ1) is 17.0. The van der Waals surface area contributed by atoms with Crippen molar-refractivity contribution in [3.63, 3.8) is 0 Å². The lowest BCUT2D eigenvalue weighted by Gasteiger charge is -2.23. The number of rotatable bonds is 8. The Bertz CT molecular complexity index is 1490. The minimum absolute atomic E-state index is 0.123. The lowest BCUT2D eigenvalue weighted by molar-refractivity contribution is 0.256. The Morgan fingerprint density at radius 3 is 1.71 bits per heavy atom. The van der Waals surface area contributed by atoms with E-state index in [9.17, 15) is 8.42 Å². The van der Waals surface area contributed by atoms with Crippen LogP contribution in [-0.2, 0) is 29.5 Å². The summed E-state index contributed by atoms with van der Waals surface area (Å²) in [6.07, 6.45) is 4.47. The molecule has 35 heavy (non-hydrogen) atoms. The lowest BCUT2D eigenvalue weighted by Crippen LogP contribution is -2.26. The summed E-state index contributed by atoms with van der Waals surface area (Å²) in [5.41, 5.74) is 3.08. The average Bonchev–Trinajstić information content (AvgIpc) is 2.87. The average molecular weight is 483 g/mol. The van der Waals surface area contributed by atoms with Gasteiger partial charge in [-0.15, -0.1) is 0 Å². The second kappa shape index (κ2) is 9.92. The van der Waals surface area contributed by atoms with E-state index in [0.29, 0.717) is 13.1 Å². The van der Waals surface area contributed by atoms with Gasteiger partial charge in [0, 0.05) is 42.8 Å². The minimum Gasteiger partial charge on any atom is -0.291 e. The molecular weight excluding hydrogens is 456 g/mol. The number of nitrogens with two attached hydrogens (primary N) is 1. The van der Waals surface area contributed by atoms with Gasteiger partial charge >= 0.3 is 0 Å². The van der Waals surface area contributed by atoms with Crippen LogP contribution in [0.1, 0.15) is 17.0 Å². The monoisotopic (exact) mass is 482 g/mol. The van der Waals surface area contributed by atoms with Crippen LogP contribution in [0.25, 0.3) is 21.5 Å². The predicted octanol–water partition coefficient (Wildman–Crippen LogP) is 4.68. The number of aromatic nitrogens is 2. The molecule has 7 heteroatoms. The minimum atomic E-state index is -3.70. The van der Waals surface area contributed by atoms with E-state index in [1.54, 1.807) is 12.1 Å². The van der Waals surface area contributed by atoms with Gasteiger partial charge in [0.2, 0.25) is 10.0 Å². The molecule has 0 aliphatic rings. The van der Waals surface area contributed by atoms with Crippen molar-refractivity contribution in [1.82, 2.24) is 14.9 Å². The molecule has 0 saturated carbocycles. The fourth-order valence-corrected chi connectivity index (χ4v) is 4.90. The number of nitrogens with zero attached hydrogens (tertiary/aromatic N) is 3. The number of sulfonamides is 1. The molecule has 0 bridgehead atoms. The summed E-state index contributed by atoms with van der Waals surface area (Å²) in [6, 6.07) is 27.4. The maximum Gasteiger partial charge on any atom is 0.238 e. The van der Waals surface area contributed by atoms with E-state index in [0.717, 1.165) is 40.7 Å². The molecule has 6 nitrogen and oxygen atoms in total. The Morgan fingerprint density at radius 2 is 1.20 bits per heavy atom. The Kier molecular flexibility index (Phi) is 6.55. The van der Waals surface area contributed by atoms with E-state index in [-0.39, 0.29) is 4.90 Å². The van der Waals surface area contributed by atoms with Gasteiger partial charge < -0.3 is 0 Å². The Labute approximate surface area is 205 Å². The molecule has 176 valence electrons. The normalized spacial score (nSPS) is 11.9. The third-order valence-electron chi connectivity index (χ3n) is 6.23. The predicted molar refractivity (Wildman–Crippen MR) is 139 cm³/mol. The Hall–Kier alpha value is -3.65. The first kappa shape index (κ1) is 23.1. The topological polar surface area (TPSA) is 89.2 Å². The van der Waals surface area contributed by atoms with Crippen LogP contribution in [0, 0.1) is 0 Å². The summed E-state index contributed by atoms with van der Waals surface area (Å²) in [6.45, 7) is 2.09. The van der Waals surface area contributed by atoms with E-state index >= 15 is 0 Å². The van der Waals surface area contributed by atoms with Crippen molar-refractivity contribution in [1.29, 1.82) is 0 Å². The molecule has 0 amide bonds. The fraction of sp³-hybridized carbons (Fsp3) is 0.143. The van der Waals surface area contributed by atoms with Gasteiger partial charge in [0.1, 0.15) is 0 Å². The summed E-state index contributed by atoms with van der Waals surface area (Å²) >= 11 is 0. The fourth-order valence-electron chi connectivity index (χ4n) is 4.39. The third-order valence-corrected chi connectivity index (χ3v) is 7.16. The number of benzene rings is 3. The molecule has 5 rings (SSSR count). The molecule has 0 saturated heterocycles. The van der Waals surface area contributed by atoms with Gasteiger partial charge in [0.15, 0.2) is 0 Å². The summed E-state index contributed by atoms with van der Waals surface area (Å²) < 4.78 is 23.2. The molecule has 5 aromatic rings. The van der Waals surface area contributed by atoms with E-state index in [1.165, 1.54) is 10.8 Å². The number of pyridine rings is 2. The highest BCUT2D eigenvalue weighted by molar-refractivity contribution is 7.89. The molecule has 0 spiro atoms. The molecule has 0 atom stereocenters. The quantitative estimate of drug-likeness (QED) is 0.347. The van der Waals surface area contributed by atoms with Crippen LogP contribution in [0.4, 0.5) is 0 Å². The van der Waals surface area contributed by atoms with Crippen molar-refractivity contribution in [2.75, 3.05) is 6.54 Å². The largest absolute Gasteiger partial charge is 0.291 e. The van der Waals surface area contributed by atoms with E-state index in [4.69, 9.17) is 15.1 Å². The van der Waals surface area contributed by atoms with Gasteiger partial charge in [-0.1, -0.05) is 60.7 Å². The van der Waals surface area contributed by atoms with E-state index in [1.807, 2.05) is 60.9 Å². The maximum absolute atomic E-state index is 11.6. The lowest BCUT2D eigenvalue weighted by atomic mass is 10.1. The smallest absolute Gasteiger partial charge is 0.238 e. The Balaban J connectivity index is 1.43. The summed E-state index contributed by atoms with van der Waals surface area (Å²) in [4.78, 5) is 11.9. The van der Waals surface area contributed by atoms with Crippen LogP contribution < -0.4 is 5.14 Å². The molecule has 2 heterocycles. The molecule has 0 aliphatic carbocycles. The standard InChI is InChI=1S/C28H26N4O2S/c29-35(33,34)24-11-9-21(10-12-24)15-18-32(19-27-25-7-3-1-5-22(25)13-16-30-27)20-28-26-8-4-2-6-23(26)14-17-31-28/h1-14,16-17H,15,18-20H2,(H2,29,33,34). The van der Waals surface area contributed by atoms with Crippen molar-refractivity contribution >= 4 is 31.6 Å². The van der Waals surface area contributed by atoms with Crippen LogP contribution in [0.3, 0.4) is 0 Å². The second-order valence-corrected chi connectivity index (χ2v) is 10.2. The molecule has 2 aromatic heterocycles. The first-order valence-corrected chi connectivity index (χ1v) is 13.0. The zero-order chi connectivity index (χ0) is 24.3. The zero-order valence-corrected chi connectivity index (χ0v) is 20.0. The van der Waals surface area contributed by atoms with Crippen molar-refractivity contribution in [3.8, 4) is 0 Å². The van der Waals surface area contributed by atoms with E-state index < -0.39 is 10.0 Å². The van der Waals surface area contributed by atoms with Crippen molar-refractivity contribution in [2.45, 2.75) is 24.4 Å². The Morgan fingerprint density at radius 1 is 0.686 bits per heavy atom. The zero-order valence-electron chi connectivity index (χ0n) is 19.2. The molecule has 0 fully saturated rings. The van der Waals surface area contributed by atoms with E-state index in [2.05, 4.69) is 29.2 Å². The third kappa shape index (κ3) is 5.38. The molecule has 0 radical (unpaired) electrons. The summed E-state index contributed by atoms with van der Waals surface area (Å²) in [5, 5.41) is 9.86. The first-order valence-electron chi connectivity index (χ1n) is 11.5. The molecule has 0 unspecified atom stereocenters. The van der Waals surface area contributed by atoms with Crippen LogP contribution in [0.2, 0.25) is 0 Å². The number of fused-ring (bicyclic) bond motifs is 2. The highest BCUT2D eigenvalue weighted by Gasteiger charge is 2.14. The maximum atomic E-state index is 11.6. The molecule has 2 N–H and O–H groups in total. The SMILES string of the molecule is NS(=O)(=O)c1ccc(CCN(Cc2nccc3ccccc23)Cc2nccc3ccccc23)cc1. The van der Waals surface area contributed by atoms with Crippen LogP contribution in [0.5, 0.6) is 0 Å². The number of hydrogen-bond acceptors (Lipinski definition) is 5. The van der Waals surface area contributed by atoms with Gasteiger partial charge in [-0.25, -0.2) is 13.6 Å². The second-order valence-electron chi connectivity index (χ2n) is 8.61. The van der Waals surface area contributed by atoms with Crippen molar-refractivity contribution < 1.29 is 8.42 Å². The molecular formula is C28H26N4O2S. The van der Waals surface area contributed by atoms with Crippen molar-refractivity contribution in [2.24, 2.45) is 5.14 Å². The van der Waals surface area contributed by atoms with Crippen LogP contribution >= 0.6 is 0 Å². The molecule has 3 aromatic carbocycles. The van der Waals surface area contributed by atoms with Gasteiger partial charge in [-0.05, 0) is 47.0 Å². The van der Waals surface area contributed by atoms with Gasteiger partial charge in [0.05, 0.1) is 16.3 Å². The number of primary sulfonamides is 1.